The van der Waals surface area contributed by atoms with Crippen LogP contribution in [0.3, 0.4) is 0 Å². The second-order valence-electron chi connectivity index (χ2n) is 8.96. The van der Waals surface area contributed by atoms with Crippen LogP contribution in [0.15, 0.2) is 36.3 Å². The van der Waals surface area contributed by atoms with Gasteiger partial charge in [0.1, 0.15) is 18.1 Å². The van der Waals surface area contributed by atoms with Crippen LogP contribution in [0.5, 0.6) is 5.75 Å². The van der Waals surface area contributed by atoms with E-state index in [9.17, 15) is 14.7 Å². The highest BCUT2D eigenvalue weighted by molar-refractivity contribution is 5.96. The van der Waals surface area contributed by atoms with Crippen LogP contribution >= 0.6 is 0 Å². The summed E-state index contributed by atoms with van der Waals surface area (Å²) >= 11 is 0. The van der Waals surface area contributed by atoms with Crippen molar-refractivity contribution in [1.82, 2.24) is 4.90 Å². The second-order valence-corrected chi connectivity index (χ2v) is 8.96. The Balaban J connectivity index is 1.43. The van der Waals surface area contributed by atoms with E-state index in [4.69, 9.17) is 14.2 Å². The summed E-state index contributed by atoms with van der Waals surface area (Å²) in [5.41, 5.74) is 0.409. The van der Waals surface area contributed by atoms with Crippen LogP contribution < -0.4 is 4.74 Å². The van der Waals surface area contributed by atoms with Crippen molar-refractivity contribution >= 4 is 11.8 Å². The van der Waals surface area contributed by atoms with Gasteiger partial charge < -0.3 is 24.2 Å². The Bertz CT molecular complexity index is 827. The average molecular weight is 430 g/mol. The van der Waals surface area contributed by atoms with E-state index in [1.807, 2.05) is 0 Å². The van der Waals surface area contributed by atoms with Gasteiger partial charge in [0, 0.05) is 12.5 Å². The van der Waals surface area contributed by atoms with Crippen LogP contribution in [-0.2, 0) is 14.3 Å². The standard InChI is InChI=1S/C24H31NO6/c1-15-9-11-25(12-10-15)13-19-20(26)8-7-18-22(27)21(14-30-23(18)19)31-17-5-3-16(4-6-17)24(28)29-2/h3-6,14-15,18-20,23,26H,7-13H2,1-2H3. The molecule has 7 heteroatoms. The molecule has 0 spiro atoms. The quantitative estimate of drug-likeness (QED) is 0.721. The van der Waals surface area contributed by atoms with E-state index in [-0.39, 0.29) is 29.5 Å². The van der Waals surface area contributed by atoms with Gasteiger partial charge in [-0.15, -0.1) is 0 Å². The van der Waals surface area contributed by atoms with E-state index in [0.29, 0.717) is 24.2 Å². The third-order valence-corrected chi connectivity index (χ3v) is 6.85. The molecule has 31 heavy (non-hydrogen) atoms. The molecule has 7 nitrogen and oxygen atoms in total. The first kappa shape index (κ1) is 21.8. The minimum absolute atomic E-state index is 0.0857. The van der Waals surface area contributed by atoms with Gasteiger partial charge in [-0.2, -0.15) is 0 Å². The van der Waals surface area contributed by atoms with E-state index >= 15 is 0 Å². The first-order valence-electron chi connectivity index (χ1n) is 11.1. The van der Waals surface area contributed by atoms with Gasteiger partial charge >= 0.3 is 5.97 Å². The molecule has 1 N–H and O–H groups in total. The molecule has 0 radical (unpaired) electrons. The topological polar surface area (TPSA) is 85.3 Å². The summed E-state index contributed by atoms with van der Waals surface area (Å²) in [5.74, 6) is 0.438. The molecule has 0 bridgehead atoms. The van der Waals surface area contributed by atoms with Gasteiger partial charge in [0.2, 0.25) is 11.5 Å². The molecule has 3 aliphatic rings. The largest absolute Gasteiger partial charge is 0.493 e. The third kappa shape index (κ3) is 4.77. The molecule has 1 aromatic carbocycles. The summed E-state index contributed by atoms with van der Waals surface area (Å²) in [7, 11) is 1.33. The number of allylic oxidation sites excluding steroid dienone is 1. The minimum Gasteiger partial charge on any atom is -0.493 e. The summed E-state index contributed by atoms with van der Waals surface area (Å²) in [6.45, 7) is 5.09. The van der Waals surface area contributed by atoms with Crippen LogP contribution in [0.1, 0.15) is 43.0 Å². The van der Waals surface area contributed by atoms with Crippen LogP contribution in [0.4, 0.5) is 0 Å². The van der Waals surface area contributed by atoms with Crippen molar-refractivity contribution in [3.63, 3.8) is 0 Å². The lowest BCUT2D eigenvalue weighted by molar-refractivity contribution is -0.140. The lowest BCUT2D eigenvalue weighted by atomic mass is 9.73. The molecule has 2 aliphatic heterocycles. The summed E-state index contributed by atoms with van der Waals surface area (Å²) in [6.07, 6.45) is 4.11. The number of hydrogen-bond acceptors (Lipinski definition) is 7. The number of Topliss-reactive ketones (excluding diaryl/α,β-unsaturated/α-hetero) is 1. The van der Waals surface area contributed by atoms with E-state index in [1.165, 1.54) is 26.2 Å². The maximum atomic E-state index is 13.1. The van der Waals surface area contributed by atoms with Crippen molar-refractivity contribution in [3.8, 4) is 5.75 Å². The SMILES string of the molecule is COC(=O)c1ccc(OC2=COC3C(CCC(O)C3CN3CCC(C)CC3)C2=O)cc1. The number of esters is 1. The van der Waals surface area contributed by atoms with Gasteiger partial charge in [-0.3, -0.25) is 4.79 Å². The zero-order valence-corrected chi connectivity index (χ0v) is 18.2. The smallest absolute Gasteiger partial charge is 0.337 e. The van der Waals surface area contributed by atoms with E-state index in [0.717, 1.165) is 25.6 Å². The number of ether oxygens (including phenoxy) is 3. The highest BCUT2D eigenvalue weighted by atomic mass is 16.5. The molecule has 2 fully saturated rings. The molecular weight excluding hydrogens is 398 g/mol. The van der Waals surface area contributed by atoms with Gasteiger partial charge in [0.25, 0.3) is 0 Å². The predicted octanol–water partition coefficient (Wildman–Crippen LogP) is 2.78. The highest BCUT2D eigenvalue weighted by Gasteiger charge is 2.47. The molecule has 168 valence electrons. The molecule has 1 aliphatic carbocycles. The number of ketones is 1. The van der Waals surface area contributed by atoms with Crippen molar-refractivity contribution in [1.29, 1.82) is 0 Å². The summed E-state index contributed by atoms with van der Waals surface area (Å²) in [6, 6.07) is 6.42. The molecule has 4 rings (SSSR count). The number of rotatable bonds is 5. The fourth-order valence-electron chi connectivity index (χ4n) is 4.85. The number of methoxy groups -OCH3 is 1. The first-order chi connectivity index (χ1) is 15.0. The molecule has 1 saturated carbocycles. The average Bonchev–Trinajstić information content (AvgIpc) is 2.79. The number of fused-ring (bicyclic) bond motifs is 1. The zero-order chi connectivity index (χ0) is 22.0. The zero-order valence-electron chi connectivity index (χ0n) is 18.2. The first-order valence-corrected chi connectivity index (χ1v) is 11.1. The summed E-state index contributed by atoms with van der Waals surface area (Å²) in [5, 5.41) is 10.7. The van der Waals surface area contributed by atoms with E-state index in [1.54, 1.807) is 24.3 Å². The number of piperidine rings is 1. The van der Waals surface area contributed by atoms with Crippen LogP contribution in [0.2, 0.25) is 0 Å². The number of aliphatic hydroxyl groups is 1. The second kappa shape index (κ2) is 9.40. The van der Waals surface area contributed by atoms with Crippen LogP contribution in [-0.4, -0.2) is 60.7 Å². The van der Waals surface area contributed by atoms with Gasteiger partial charge in [-0.1, -0.05) is 6.92 Å². The number of carbonyl (C=O) groups excluding carboxylic acids is 2. The van der Waals surface area contributed by atoms with Gasteiger partial charge in [0.15, 0.2) is 0 Å². The Labute approximate surface area is 183 Å². The Hall–Kier alpha value is -2.38. The van der Waals surface area contributed by atoms with Crippen LogP contribution in [0, 0.1) is 17.8 Å². The van der Waals surface area contributed by atoms with E-state index in [2.05, 4.69) is 11.8 Å². The van der Waals surface area contributed by atoms with Gasteiger partial charge in [-0.05, 0) is 69.0 Å². The predicted molar refractivity (Wildman–Crippen MR) is 113 cm³/mol. The molecular formula is C24H31NO6. The third-order valence-electron chi connectivity index (χ3n) is 6.85. The van der Waals surface area contributed by atoms with Gasteiger partial charge in [-0.25, -0.2) is 4.79 Å². The Kier molecular flexibility index (Phi) is 6.62. The monoisotopic (exact) mass is 429 g/mol. The summed E-state index contributed by atoms with van der Waals surface area (Å²) in [4.78, 5) is 27.1. The summed E-state index contributed by atoms with van der Waals surface area (Å²) < 4.78 is 16.5. The van der Waals surface area contributed by atoms with Crippen molar-refractivity contribution in [2.75, 3.05) is 26.7 Å². The van der Waals surface area contributed by atoms with Crippen molar-refractivity contribution in [2.45, 2.75) is 44.8 Å². The molecule has 4 atom stereocenters. The number of hydrogen-bond donors (Lipinski definition) is 1. The lowest BCUT2D eigenvalue weighted by Gasteiger charge is -2.44. The highest BCUT2D eigenvalue weighted by Crippen LogP contribution is 2.38. The number of benzene rings is 1. The fraction of sp³-hybridized carbons (Fsp3) is 0.583. The number of aliphatic hydroxyl groups excluding tert-OH is 1. The van der Waals surface area contributed by atoms with Crippen molar-refractivity contribution in [3.05, 3.63) is 41.9 Å². The minimum atomic E-state index is -0.463. The van der Waals surface area contributed by atoms with Crippen LogP contribution in [0.25, 0.3) is 0 Å². The maximum Gasteiger partial charge on any atom is 0.337 e. The molecule has 0 aromatic heterocycles. The van der Waals surface area contributed by atoms with E-state index < -0.39 is 12.1 Å². The molecule has 1 saturated heterocycles. The van der Waals surface area contributed by atoms with Crippen molar-refractivity contribution in [2.24, 2.45) is 17.8 Å². The Morgan fingerprint density at radius 3 is 2.55 bits per heavy atom. The molecule has 1 aromatic rings. The number of likely N-dealkylation sites (tertiary alicyclic amines) is 1. The molecule has 4 unspecified atom stereocenters. The Morgan fingerprint density at radius 2 is 1.87 bits per heavy atom. The maximum absolute atomic E-state index is 13.1. The normalized spacial score (nSPS) is 29.5. The van der Waals surface area contributed by atoms with Crippen molar-refractivity contribution < 1.29 is 28.9 Å². The fourth-order valence-corrected chi connectivity index (χ4v) is 4.85. The molecule has 0 amide bonds. The molecule has 2 heterocycles. The lowest BCUT2D eigenvalue weighted by Crippen LogP contribution is -2.53. The number of nitrogens with zero attached hydrogens (tertiary/aromatic N) is 1. The van der Waals surface area contributed by atoms with Gasteiger partial charge in [0.05, 0.1) is 24.7 Å². The number of carbonyl (C=O) groups is 2. The Morgan fingerprint density at radius 1 is 1.16 bits per heavy atom.